The molecule has 0 bridgehead atoms. The lowest BCUT2D eigenvalue weighted by Crippen LogP contribution is -2.27. The Hall–Kier alpha value is -1.52. The highest BCUT2D eigenvalue weighted by Gasteiger charge is 2.18. The second-order valence-electron chi connectivity index (χ2n) is 3.54. The monoisotopic (exact) mass is 287 g/mol. The maximum absolute atomic E-state index is 11.6. The molecule has 0 radical (unpaired) electrons. The third-order valence-corrected chi connectivity index (χ3v) is 3.04. The zero-order valence-electron chi connectivity index (χ0n) is 9.48. The Morgan fingerprint density at radius 3 is 2.22 bits per heavy atom. The molecule has 0 saturated heterocycles. The van der Waals surface area contributed by atoms with Crippen molar-refractivity contribution >= 4 is 35.1 Å². The second kappa shape index (κ2) is 6.42. The number of hydrogen-bond acceptors (Lipinski definition) is 2. The third-order valence-electron chi connectivity index (χ3n) is 2.23. The van der Waals surface area contributed by atoms with E-state index in [0.29, 0.717) is 0 Å². The molecule has 1 unspecified atom stereocenters. The Bertz CT molecular complexity index is 485. The van der Waals surface area contributed by atoms with Crippen LogP contribution in [0.5, 0.6) is 0 Å². The van der Waals surface area contributed by atoms with E-state index in [-0.39, 0.29) is 6.04 Å². The summed E-state index contributed by atoms with van der Waals surface area (Å²) in [4.78, 5) is 22.2. The molecule has 1 rings (SSSR count). The first-order valence-electron chi connectivity index (χ1n) is 5.08. The van der Waals surface area contributed by atoms with E-state index < -0.39 is 21.9 Å². The van der Waals surface area contributed by atoms with E-state index in [2.05, 4.69) is 5.32 Å². The Balaban J connectivity index is 2.78. The van der Waals surface area contributed by atoms with Gasteiger partial charge in [-0.05, 0) is 12.5 Å². The van der Waals surface area contributed by atoms with E-state index in [0.717, 1.165) is 5.56 Å². The molecule has 0 aliphatic carbocycles. The van der Waals surface area contributed by atoms with Gasteiger partial charge in [-0.2, -0.15) is 0 Å². The summed E-state index contributed by atoms with van der Waals surface area (Å²) in [6.45, 7) is 1.76. The zero-order chi connectivity index (χ0) is 13.7. The molecule has 1 aromatic rings. The van der Waals surface area contributed by atoms with Crippen LogP contribution < -0.4 is 5.32 Å². The molecule has 96 valence electrons. The van der Waals surface area contributed by atoms with Gasteiger partial charge in [0.15, 0.2) is 0 Å². The quantitative estimate of drug-likeness (QED) is 0.837. The molecule has 0 aromatic heterocycles. The van der Waals surface area contributed by atoms with E-state index >= 15 is 0 Å². The van der Waals surface area contributed by atoms with Crippen molar-refractivity contribution in [1.82, 2.24) is 5.32 Å². The van der Waals surface area contributed by atoms with Crippen LogP contribution in [0.25, 0.3) is 0 Å². The Morgan fingerprint density at radius 2 is 1.72 bits per heavy atom. The molecule has 0 spiro atoms. The summed E-state index contributed by atoms with van der Waals surface area (Å²) < 4.78 is 0. The number of amides is 1. The summed E-state index contributed by atoms with van der Waals surface area (Å²) in [6.07, 6.45) is 0. The number of hydrogen-bond donors (Lipinski definition) is 2. The van der Waals surface area contributed by atoms with Crippen LogP contribution >= 0.6 is 23.2 Å². The molecule has 0 aliphatic rings. The number of carboxylic acids is 1. The summed E-state index contributed by atoms with van der Waals surface area (Å²) in [6, 6.07) is 8.89. The lowest BCUT2D eigenvalue weighted by Gasteiger charge is -2.13. The number of carbonyl (C=O) groups excluding carboxylic acids is 1. The van der Waals surface area contributed by atoms with Crippen LogP contribution in [0.15, 0.2) is 40.4 Å². The fourth-order valence-electron chi connectivity index (χ4n) is 1.28. The Kier molecular flexibility index (Phi) is 5.19. The van der Waals surface area contributed by atoms with Gasteiger partial charge >= 0.3 is 5.97 Å². The van der Waals surface area contributed by atoms with Gasteiger partial charge in [-0.25, -0.2) is 4.79 Å². The summed E-state index contributed by atoms with van der Waals surface area (Å²) >= 11 is 10.9. The zero-order valence-corrected chi connectivity index (χ0v) is 11.0. The van der Waals surface area contributed by atoms with Gasteiger partial charge in [-0.3, -0.25) is 4.79 Å². The molecule has 4 nitrogen and oxygen atoms in total. The maximum Gasteiger partial charge on any atom is 0.349 e. The van der Waals surface area contributed by atoms with Crippen molar-refractivity contribution in [2.24, 2.45) is 0 Å². The highest BCUT2D eigenvalue weighted by molar-refractivity contribution is 6.53. The van der Waals surface area contributed by atoms with Crippen molar-refractivity contribution < 1.29 is 14.7 Å². The van der Waals surface area contributed by atoms with Crippen LogP contribution in [-0.2, 0) is 9.59 Å². The highest BCUT2D eigenvalue weighted by atomic mass is 35.5. The van der Waals surface area contributed by atoms with Crippen molar-refractivity contribution in [3.05, 3.63) is 46.0 Å². The van der Waals surface area contributed by atoms with Gasteiger partial charge in [0.2, 0.25) is 0 Å². The first-order chi connectivity index (χ1) is 8.43. The third kappa shape index (κ3) is 3.75. The van der Waals surface area contributed by atoms with E-state index in [4.69, 9.17) is 28.3 Å². The van der Waals surface area contributed by atoms with Crippen molar-refractivity contribution in [2.75, 3.05) is 0 Å². The van der Waals surface area contributed by atoms with Crippen LogP contribution in [0, 0.1) is 0 Å². The summed E-state index contributed by atoms with van der Waals surface area (Å²) in [5.41, 5.74) is 0.877. The molecular weight excluding hydrogens is 277 g/mol. The van der Waals surface area contributed by atoms with Crippen molar-refractivity contribution in [3.8, 4) is 0 Å². The SMILES string of the molecule is CC(NC(=O)/C(Cl)=C(/Cl)C(=O)O)c1ccccc1. The van der Waals surface area contributed by atoms with Crippen LogP contribution in [0.2, 0.25) is 0 Å². The number of nitrogens with one attached hydrogen (secondary N) is 1. The molecule has 0 fully saturated rings. The molecule has 2 N–H and O–H groups in total. The van der Waals surface area contributed by atoms with Crippen molar-refractivity contribution in [2.45, 2.75) is 13.0 Å². The molecular formula is C12H11Cl2NO3. The number of carbonyl (C=O) groups is 2. The van der Waals surface area contributed by atoms with Gasteiger partial charge in [0.05, 0.1) is 6.04 Å². The minimum absolute atomic E-state index is 0.300. The molecule has 1 atom stereocenters. The molecule has 0 heterocycles. The van der Waals surface area contributed by atoms with Crippen LogP contribution in [0.1, 0.15) is 18.5 Å². The molecule has 0 saturated carbocycles. The Labute approximate surface area is 114 Å². The molecule has 18 heavy (non-hydrogen) atoms. The lowest BCUT2D eigenvalue weighted by molar-refractivity contribution is -0.132. The normalized spacial score (nSPS) is 13.5. The number of benzene rings is 1. The van der Waals surface area contributed by atoms with E-state index in [1.165, 1.54) is 0 Å². The average molecular weight is 288 g/mol. The largest absolute Gasteiger partial charge is 0.477 e. The standard InChI is InChI=1S/C12H11Cl2NO3/c1-7(8-5-3-2-4-6-8)15-11(16)9(13)10(14)12(17)18/h2-7H,1H3,(H,15,16)(H,17,18)/b10-9-. The van der Waals surface area contributed by atoms with Gasteiger partial charge in [0.1, 0.15) is 10.1 Å². The highest BCUT2D eigenvalue weighted by Crippen LogP contribution is 2.17. The minimum Gasteiger partial charge on any atom is -0.477 e. The van der Waals surface area contributed by atoms with E-state index in [1.54, 1.807) is 6.92 Å². The maximum atomic E-state index is 11.6. The van der Waals surface area contributed by atoms with Crippen LogP contribution in [0.4, 0.5) is 0 Å². The smallest absolute Gasteiger partial charge is 0.349 e. The fraction of sp³-hybridized carbons (Fsp3) is 0.167. The molecule has 6 heteroatoms. The Morgan fingerprint density at radius 1 is 1.17 bits per heavy atom. The van der Waals surface area contributed by atoms with Gasteiger partial charge in [-0.1, -0.05) is 53.5 Å². The topological polar surface area (TPSA) is 66.4 Å². The van der Waals surface area contributed by atoms with Crippen LogP contribution in [0.3, 0.4) is 0 Å². The number of carboxylic acid groups (broad SMARTS) is 1. The number of aliphatic carboxylic acids is 1. The summed E-state index contributed by atoms with van der Waals surface area (Å²) in [7, 11) is 0. The fourth-order valence-corrected chi connectivity index (χ4v) is 1.50. The van der Waals surface area contributed by atoms with Gasteiger partial charge in [0, 0.05) is 0 Å². The average Bonchev–Trinajstić information content (AvgIpc) is 2.37. The lowest BCUT2D eigenvalue weighted by atomic mass is 10.1. The second-order valence-corrected chi connectivity index (χ2v) is 4.29. The van der Waals surface area contributed by atoms with Gasteiger partial charge < -0.3 is 10.4 Å². The van der Waals surface area contributed by atoms with E-state index in [9.17, 15) is 9.59 Å². The van der Waals surface area contributed by atoms with Gasteiger partial charge in [-0.15, -0.1) is 0 Å². The first kappa shape index (κ1) is 14.5. The van der Waals surface area contributed by atoms with Crippen molar-refractivity contribution in [1.29, 1.82) is 0 Å². The minimum atomic E-state index is -1.44. The van der Waals surface area contributed by atoms with Crippen LogP contribution in [-0.4, -0.2) is 17.0 Å². The summed E-state index contributed by atoms with van der Waals surface area (Å²) in [5.74, 6) is -2.16. The van der Waals surface area contributed by atoms with Crippen molar-refractivity contribution in [3.63, 3.8) is 0 Å². The number of rotatable bonds is 4. The predicted molar refractivity (Wildman–Crippen MR) is 69.4 cm³/mol. The summed E-state index contributed by atoms with van der Waals surface area (Å²) in [5, 5.41) is 9.92. The predicted octanol–water partition coefficient (Wildman–Crippen LogP) is 2.64. The van der Waals surface area contributed by atoms with E-state index in [1.807, 2.05) is 30.3 Å². The molecule has 0 aliphatic heterocycles. The number of halogens is 2. The molecule has 1 amide bonds. The first-order valence-corrected chi connectivity index (χ1v) is 5.83. The van der Waals surface area contributed by atoms with Gasteiger partial charge in [0.25, 0.3) is 5.91 Å². The molecule has 1 aromatic carbocycles.